The van der Waals surface area contributed by atoms with Crippen molar-refractivity contribution in [2.75, 3.05) is 26.3 Å². The van der Waals surface area contributed by atoms with Crippen LogP contribution in [0.1, 0.15) is 56.7 Å². The third kappa shape index (κ3) is 8.02. The van der Waals surface area contributed by atoms with Crippen LogP contribution in [0.5, 0.6) is 0 Å². The summed E-state index contributed by atoms with van der Waals surface area (Å²) in [5.74, 6) is 3.26. The van der Waals surface area contributed by atoms with Crippen molar-refractivity contribution < 1.29 is 14.8 Å². The number of ether oxygens (including phenoxy) is 1. The Morgan fingerprint density at radius 1 is 1.14 bits per heavy atom. The maximum Gasteiger partial charge on any atom is 0.252 e. The van der Waals surface area contributed by atoms with Crippen LogP contribution in [0.15, 0.2) is 73.1 Å². The lowest BCUT2D eigenvalue weighted by Gasteiger charge is -2.18. The summed E-state index contributed by atoms with van der Waals surface area (Å²) in [6.45, 7) is 4.91. The predicted octanol–water partition coefficient (Wildman–Crippen LogP) is 4.53. The van der Waals surface area contributed by atoms with Crippen LogP contribution in [0.4, 0.5) is 0 Å². The number of hydrogen-bond donors (Lipinski definition) is 2. The molecule has 4 aromatic rings. The maximum atomic E-state index is 12.2. The quantitative estimate of drug-likeness (QED) is 0.0982. The van der Waals surface area contributed by atoms with Gasteiger partial charge in [0.2, 0.25) is 0 Å². The van der Waals surface area contributed by atoms with Crippen LogP contribution in [0.2, 0.25) is 0 Å². The zero-order chi connectivity index (χ0) is 30.0. The first kappa shape index (κ1) is 30.7. The van der Waals surface area contributed by atoms with Crippen molar-refractivity contribution in [1.29, 1.82) is 0 Å². The van der Waals surface area contributed by atoms with Gasteiger partial charge in [0.25, 0.3) is 5.91 Å². The fourth-order valence-electron chi connectivity index (χ4n) is 5.46. The third-order valence-electron chi connectivity index (χ3n) is 7.78. The van der Waals surface area contributed by atoms with Gasteiger partial charge in [0, 0.05) is 46.4 Å². The molecule has 3 unspecified atom stereocenters. The molecule has 0 spiro atoms. The Bertz CT molecular complexity index is 1540. The Balaban J connectivity index is 1.22. The molecule has 0 bridgehead atoms. The number of quaternary nitrogens is 1. The molecule has 2 aromatic carbocycles. The van der Waals surface area contributed by atoms with Gasteiger partial charge >= 0.3 is 0 Å². The fourth-order valence-corrected chi connectivity index (χ4v) is 5.87. The van der Waals surface area contributed by atoms with Gasteiger partial charge in [-0.25, -0.2) is 9.97 Å². The third-order valence-corrected chi connectivity index (χ3v) is 8.50. The Labute approximate surface area is 266 Å². The first-order valence-electron chi connectivity index (χ1n) is 14.6. The molecule has 5 rings (SSSR count). The number of carbonyl (C=O) groups is 1. The van der Waals surface area contributed by atoms with Gasteiger partial charge in [-0.2, -0.15) is 0 Å². The number of benzene rings is 2. The standard InChI is InChI=1S/C34H35IN6O2/c1-3-16-39-34(42)27-13-11-26(12-14-27)30-21-28(32(41-40-30)33-37-17-5-18-38-33)6-4-20-43-22-31-29(15-19-36-31)25-9-7-24(8-10-25)23(2)35/h1,5,7-14,17-18,21,23,29,31,36H,4,6,15-16,19-20,22H2,2H3,(H,39,42)/p+1. The van der Waals surface area contributed by atoms with E-state index in [-0.39, 0.29) is 12.5 Å². The highest BCUT2D eigenvalue weighted by Crippen LogP contribution is 2.29. The average Bonchev–Trinajstić information content (AvgIpc) is 3.52. The van der Waals surface area contributed by atoms with E-state index in [2.05, 4.69) is 90.5 Å². The molecule has 1 aliphatic heterocycles. The van der Waals surface area contributed by atoms with Crippen LogP contribution in [-0.2, 0) is 11.2 Å². The lowest BCUT2D eigenvalue weighted by molar-refractivity contribution is -0.673. The highest BCUT2D eigenvalue weighted by molar-refractivity contribution is 14.1. The molecule has 3 N–H and O–H groups in total. The van der Waals surface area contributed by atoms with Gasteiger partial charge in [-0.3, -0.25) is 4.79 Å². The number of nitrogens with two attached hydrogens (primary N) is 1. The van der Waals surface area contributed by atoms with Crippen LogP contribution in [0.3, 0.4) is 0 Å². The molecule has 0 radical (unpaired) electrons. The predicted molar refractivity (Wildman–Crippen MR) is 176 cm³/mol. The van der Waals surface area contributed by atoms with E-state index < -0.39 is 0 Å². The van der Waals surface area contributed by atoms with Crippen molar-refractivity contribution in [3.8, 4) is 35.1 Å². The lowest BCUT2D eigenvalue weighted by Crippen LogP contribution is -2.88. The van der Waals surface area contributed by atoms with Crippen LogP contribution >= 0.6 is 22.6 Å². The zero-order valence-corrected chi connectivity index (χ0v) is 26.4. The molecule has 0 saturated carbocycles. The van der Waals surface area contributed by atoms with E-state index >= 15 is 0 Å². The first-order chi connectivity index (χ1) is 21.0. The van der Waals surface area contributed by atoms with Crippen molar-refractivity contribution in [3.05, 3.63) is 95.3 Å². The number of aromatic nitrogens is 4. The van der Waals surface area contributed by atoms with Crippen LogP contribution in [-0.4, -0.2) is 58.4 Å². The van der Waals surface area contributed by atoms with Gasteiger partial charge in [-0.05, 0) is 60.7 Å². The topological polar surface area (TPSA) is 106 Å². The van der Waals surface area contributed by atoms with Crippen molar-refractivity contribution in [2.45, 2.75) is 42.1 Å². The summed E-state index contributed by atoms with van der Waals surface area (Å²) >= 11 is 2.46. The normalized spacial score (nSPS) is 16.9. The van der Waals surface area contributed by atoms with Crippen molar-refractivity contribution in [1.82, 2.24) is 25.5 Å². The Kier molecular flexibility index (Phi) is 10.8. The first-order valence-corrected chi connectivity index (χ1v) is 15.9. The average molecular weight is 688 g/mol. The molecule has 1 saturated heterocycles. The number of hydrogen-bond acceptors (Lipinski definition) is 6. The summed E-state index contributed by atoms with van der Waals surface area (Å²) in [5, 5.41) is 14.1. The van der Waals surface area contributed by atoms with E-state index in [1.807, 2.05) is 18.2 Å². The van der Waals surface area contributed by atoms with Crippen molar-refractivity contribution >= 4 is 28.5 Å². The molecule has 1 fully saturated rings. The second kappa shape index (κ2) is 15.1. The molecule has 220 valence electrons. The van der Waals surface area contributed by atoms with Crippen molar-refractivity contribution in [3.63, 3.8) is 0 Å². The number of carbonyl (C=O) groups excluding carboxylic acids is 1. The number of terminal acetylenes is 1. The minimum absolute atomic E-state index is 0.188. The largest absolute Gasteiger partial charge is 0.375 e. The SMILES string of the molecule is C#CCNC(=O)c1ccc(-c2cc(CCCOCC3[NH2+]CCC3c3ccc(C(C)I)cc3)c(-c3ncccn3)nn2)cc1. The summed E-state index contributed by atoms with van der Waals surface area (Å²) in [6, 6.07) is 20.6. The van der Waals surface area contributed by atoms with Crippen LogP contribution in [0.25, 0.3) is 22.8 Å². The van der Waals surface area contributed by atoms with E-state index in [0.717, 1.165) is 42.8 Å². The van der Waals surface area contributed by atoms with Gasteiger partial charge in [0.15, 0.2) is 5.82 Å². The Morgan fingerprint density at radius 2 is 1.91 bits per heavy atom. The Hall–Kier alpha value is -3.72. The summed E-state index contributed by atoms with van der Waals surface area (Å²) < 4.78 is 6.74. The molecule has 3 heterocycles. The van der Waals surface area contributed by atoms with Gasteiger partial charge in [-0.1, -0.05) is 64.9 Å². The van der Waals surface area contributed by atoms with Gasteiger partial charge < -0.3 is 15.4 Å². The molecule has 8 nitrogen and oxygen atoms in total. The molecule has 9 heteroatoms. The molecule has 2 aromatic heterocycles. The minimum atomic E-state index is -0.210. The summed E-state index contributed by atoms with van der Waals surface area (Å²) in [7, 11) is 0. The molecule has 1 amide bonds. The van der Waals surface area contributed by atoms with E-state index in [9.17, 15) is 4.79 Å². The highest BCUT2D eigenvalue weighted by atomic mass is 127. The van der Waals surface area contributed by atoms with Crippen LogP contribution in [0, 0.1) is 12.3 Å². The molecule has 43 heavy (non-hydrogen) atoms. The lowest BCUT2D eigenvalue weighted by atomic mass is 9.91. The summed E-state index contributed by atoms with van der Waals surface area (Å²) in [6.07, 6.45) is 11.4. The molecule has 3 atom stereocenters. The number of nitrogens with one attached hydrogen (secondary N) is 1. The van der Waals surface area contributed by atoms with Crippen LogP contribution < -0.4 is 10.6 Å². The smallest absolute Gasteiger partial charge is 0.252 e. The van der Waals surface area contributed by atoms with E-state index in [0.29, 0.717) is 39.6 Å². The maximum absolute atomic E-state index is 12.2. The monoisotopic (exact) mass is 687 g/mol. The molecule has 1 aliphatic rings. The number of halogens is 1. The molecule has 0 aliphatic carbocycles. The summed E-state index contributed by atoms with van der Waals surface area (Å²) in [5.41, 5.74) is 6.57. The van der Waals surface area contributed by atoms with Crippen molar-refractivity contribution in [2.24, 2.45) is 0 Å². The fraction of sp³-hybridized carbons (Fsp3) is 0.324. The number of rotatable bonds is 12. The van der Waals surface area contributed by atoms with E-state index in [1.54, 1.807) is 30.6 Å². The molecular formula is C34H36IN6O2+. The number of nitrogens with zero attached hydrogens (tertiary/aromatic N) is 4. The number of aryl methyl sites for hydroxylation is 1. The Morgan fingerprint density at radius 3 is 2.63 bits per heavy atom. The number of alkyl halides is 1. The number of amides is 1. The zero-order valence-electron chi connectivity index (χ0n) is 24.2. The van der Waals surface area contributed by atoms with E-state index in [4.69, 9.17) is 11.2 Å². The molecular weight excluding hydrogens is 651 g/mol. The second-order valence-electron chi connectivity index (χ2n) is 10.7. The van der Waals surface area contributed by atoms with Gasteiger partial charge in [0.1, 0.15) is 11.7 Å². The minimum Gasteiger partial charge on any atom is -0.375 e. The highest BCUT2D eigenvalue weighted by Gasteiger charge is 2.32. The summed E-state index contributed by atoms with van der Waals surface area (Å²) in [4.78, 5) is 21.0. The van der Waals surface area contributed by atoms with Gasteiger partial charge in [0.05, 0.1) is 25.4 Å². The van der Waals surface area contributed by atoms with E-state index in [1.165, 1.54) is 17.5 Å². The second-order valence-corrected chi connectivity index (χ2v) is 12.6. The van der Waals surface area contributed by atoms with Gasteiger partial charge in [-0.15, -0.1) is 16.6 Å².